The molecule has 0 aromatic rings. The Kier molecular flexibility index (Phi) is 2.53. The fraction of sp³-hybridized carbons (Fsp3) is 0.889. The fourth-order valence-electron chi connectivity index (χ4n) is 1.35. The predicted octanol–water partition coefficient (Wildman–Crippen LogP) is 1.98. The number of carbonyl (C=O) groups excluding carboxylic acids is 1. The van der Waals surface area contributed by atoms with Crippen LogP contribution in [0.25, 0.3) is 0 Å². The molecule has 64 valence electrons. The van der Waals surface area contributed by atoms with E-state index in [4.69, 9.17) is 4.74 Å². The van der Waals surface area contributed by atoms with E-state index in [2.05, 4.69) is 20.8 Å². The van der Waals surface area contributed by atoms with Crippen molar-refractivity contribution in [3.8, 4) is 0 Å². The first-order valence-corrected chi connectivity index (χ1v) is 4.30. The van der Waals surface area contributed by atoms with Crippen molar-refractivity contribution >= 4 is 5.97 Å². The van der Waals surface area contributed by atoms with Crippen LogP contribution in [0.1, 0.15) is 33.6 Å². The van der Waals surface area contributed by atoms with Gasteiger partial charge in [0.05, 0.1) is 0 Å². The maximum Gasteiger partial charge on any atom is 0.306 e. The minimum absolute atomic E-state index is 0.0255. The Morgan fingerprint density at radius 1 is 1.45 bits per heavy atom. The van der Waals surface area contributed by atoms with Crippen LogP contribution in [0.2, 0.25) is 0 Å². The van der Waals surface area contributed by atoms with Gasteiger partial charge in [0, 0.05) is 6.42 Å². The largest absolute Gasteiger partial charge is 0.462 e. The zero-order valence-corrected chi connectivity index (χ0v) is 7.46. The molecule has 2 heteroatoms. The molecule has 0 bridgehead atoms. The van der Waals surface area contributed by atoms with Gasteiger partial charge in [-0.2, -0.15) is 0 Å². The van der Waals surface area contributed by atoms with Crippen LogP contribution in [0, 0.1) is 11.8 Å². The number of rotatable bonds is 2. The molecule has 1 saturated heterocycles. The zero-order valence-electron chi connectivity index (χ0n) is 7.46. The number of cyclic esters (lactones) is 1. The van der Waals surface area contributed by atoms with Gasteiger partial charge in [-0.1, -0.05) is 20.8 Å². The molecule has 1 rings (SSSR count). The topological polar surface area (TPSA) is 26.3 Å². The predicted molar refractivity (Wildman–Crippen MR) is 43.1 cm³/mol. The highest BCUT2D eigenvalue weighted by Crippen LogP contribution is 2.25. The summed E-state index contributed by atoms with van der Waals surface area (Å²) in [5.74, 6) is 1.08. The highest BCUT2D eigenvalue weighted by Gasteiger charge is 2.29. The monoisotopic (exact) mass is 156 g/mol. The molecule has 11 heavy (non-hydrogen) atoms. The molecule has 1 heterocycles. The molecular weight excluding hydrogens is 140 g/mol. The van der Waals surface area contributed by atoms with Crippen molar-refractivity contribution < 1.29 is 9.53 Å². The van der Waals surface area contributed by atoms with Crippen molar-refractivity contribution in [2.24, 2.45) is 11.8 Å². The van der Waals surface area contributed by atoms with Crippen LogP contribution >= 0.6 is 0 Å². The number of carbonyl (C=O) groups is 1. The van der Waals surface area contributed by atoms with E-state index in [0.29, 0.717) is 18.3 Å². The Morgan fingerprint density at radius 3 is 2.45 bits per heavy atom. The van der Waals surface area contributed by atoms with E-state index in [0.717, 1.165) is 6.42 Å². The number of hydrogen-bond donors (Lipinski definition) is 0. The minimum Gasteiger partial charge on any atom is -0.462 e. The quantitative estimate of drug-likeness (QED) is 0.571. The Balaban J connectivity index is 2.43. The van der Waals surface area contributed by atoms with Crippen molar-refractivity contribution in [3.05, 3.63) is 0 Å². The zero-order chi connectivity index (χ0) is 8.43. The first-order chi connectivity index (χ1) is 5.11. The first-order valence-electron chi connectivity index (χ1n) is 4.30. The van der Waals surface area contributed by atoms with Crippen LogP contribution in [-0.2, 0) is 9.53 Å². The average Bonchev–Trinajstić information content (AvgIpc) is 2.34. The van der Waals surface area contributed by atoms with Crippen LogP contribution in [-0.4, -0.2) is 12.1 Å². The summed E-state index contributed by atoms with van der Waals surface area (Å²) in [5.41, 5.74) is 0. The third-order valence-corrected chi connectivity index (χ3v) is 2.55. The highest BCUT2D eigenvalue weighted by molar-refractivity contribution is 5.71. The van der Waals surface area contributed by atoms with Crippen molar-refractivity contribution in [1.82, 2.24) is 0 Å². The molecule has 2 atom stereocenters. The Hall–Kier alpha value is -0.530. The summed E-state index contributed by atoms with van der Waals surface area (Å²) in [6, 6.07) is 0. The van der Waals surface area contributed by atoms with Gasteiger partial charge >= 0.3 is 5.97 Å². The molecule has 0 aromatic carbocycles. The van der Waals surface area contributed by atoms with Crippen molar-refractivity contribution in [3.63, 3.8) is 0 Å². The van der Waals surface area contributed by atoms with E-state index in [-0.39, 0.29) is 12.1 Å². The van der Waals surface area contributed by atoms with Gasteiger partial charge in [-0.25, -0.2) is 0 Å². The summed E-state index contributed by atoms with van der Waals surface area (Å²) in [5, 5.41) is 0. The maximum absolute atomic E-state index is 10.8. The van der Waals surface area contributed by atoms with E-state index < -0.39 is 0 Å². The second kappa shape index (κ2) is 3.24. The van der Waals surface area contributed by atoms with Gasteiger partial charge in [0.1, 0.15) is 6.10 Å². The van der Waals surface area contributed by atoms with Gasteiger partial charge in [-0.15, -0.1) is 0 Å². The van der Waals surface area contributed by atoms with Crippen LogP contribution in [0.15, 0.2) is 0 Å². The third kappa shape index (κ3) is 1.95. The lowest BCUT2D eigenvalue weighted by Gasteiger charge is -2.21. The molecule has 0 aromatic heterocycles. The summed E-state index contributed by atoms with van der Waals surface area (Å²) >= 11 is 0. The molecule has 0 amide bonds. The molecule has 0 radical (unpaired) electrons. The summed E-state index contributed by atoms with van der Waals surface area (Å²) < 4.78 is 5.15. The fourth-order valence-corrected chi connectivity index (χ4v) is 1.35. The molecule has 2 nitrogen and oxygen atoms in total. The van der Waals surface area contributed by atoms with Crippen LogP contribution in [0.5, 0.6) is 0 Å². The van der Waals surface area contributed by atoms with Gasteiger partial charge in [0.15, 0.2) is 0 Å². The summed E-state index contributed by atoms with van der Waals surface area (Å²) in [6.45, 7) is 6.47. The molecule has 0 saturated carbocycles. The second-order valence-electron chi connectivity index (χ2n) is 3.67. The second-order valence-corrected chi connectivity index (χ2v) is 3.67. The lowest BCUT2D eigenvalue weighted by molar-refractivity contribution is -0.143. The van der Waals surface area contributed by atoms with Gasteiger partial charge in [-0.05, 0) is 18.3 Å². The maximum atomic E-state index is 10.8. The van der Waals surface area contributed by atoms with E-state index in [9.17, 15) is 4.79 Å². The molecule has 1 aliphatic heterocycles. The van der Waals surface area contributed by atoms with Gasteiger partial charge in [0.25, 0.3) is 0 Å². The Labute approximate surface area is 67.9 Å². The number of hydrogen-bond acceptors (Lipinski definition) is 2. The average molecular weight is 156 g/mol. The van der Waals surface area contributed by atoms with Gasteiger partial charge < -0.3 is 4.74 Å². The SMILES string of the molecule is CC(C)C(C)C1CCC(=O)O1. The molecule has 2 unspecified atom stereocenters. The summed E-state index contributed by atoms with van der Waals surface area (Å²) in [7, 11) is 0. The van der Waals surface area contributed by atoms with Crippen molar-refractivity contribution in [2.45, 2.75) is 39.7 Å². The molecule has 0 aliphatic carbocycles. The minimum atomic E-state index is -0.0255. The van der Waals surface area contributed by atoms with E-state index in [1.54, 1.807) is 0 Å². The molecule has 0 spiro atoms. The van der Waals surface area contributed by atoms with Crippen molar-refractivity contribution in [2.75, 3.05) is 0 Å². The third-order valence-electron chi connectivity index (χ3n) is 2.55. The van der Waals surface area contributed by atoms with Crippen molar-refractivity contribution in [1.29, 1.82) is 0 Å². The lowest BCUT2D eigenvalue weighted by atomic mass is 9.91. The number of ether oxygens (including phenoxy) is 1. The lowest BCUT2D eigenvalue weighted by Crippen LogP contribution is -2.21. The standard InChI is InChI=1S/C9H16O2/c1-6(2)7(3)8-4-5-9(10)11-8/h6-8H,4-5H2,1-3H3. The summed E-state index contributed by atoms with van der Waals surface area (Å²) in [4.78, 5) is 10.8. The van der Waals surface area contributed by atoms with Crippen LogP contribution in [0.4, 0.5) is 0 Å². The first kappa shape index (κ1) is 8.57. The van der Waals surface area contributed by atoms with E-state index in [1.807, 2.05) is 0 Å². The normalized spacial score (nSPS) is 27.3. The molecular formula is C9H16O2. The van der Waals surface area contributed by atoms with Gasteiger partial charge in [0.2, 0.25) is 0 Å². The van der Waals surface area contributed by atoms with E-state index in [1.165, 1.54) is 0 Å². The Bertz CT molecular complexity index is 152. The van der Waals surface area contributed by atoms with Gasteiger partial charge in [-0.3, -0.25) is 4.79 Å². The van der Waals surface area contributed by atoms with E-state index >= 15 is 0 Å². The molecule has 1 fully saturated rings. The van der Waals surface area contributed by atoms with Crippen LogP contribution in [0.3, 0.4) is 0 Å². The smallest absolute Gasteiger partial charge is 0.306 e. The number of esters is 1. The van der Waals surface area contributed by atoms with Crippen LogP contribution < -0.4 is 0 Å². The molecule has 1 aliphatic rings. The Morgan fingerprint density at radius 2 is 2.09 bits per heavy atom. The highest BCUT2D eigenvalue weighted by atomic mass is 16.5. The summed E-state index contributed by atoms with van der Waals surface area (Å²) in [6.07, 6.45) is 1.71. The molecule has 0 N–H and O–H groups in total.